The van der Waals surface area contributed by atoms with Crippen LogP contribution in [0.1, 0.15) is 20.8 Å². The van der Waals surface area contributed by atoms with E-state index in [-0.39, 0.29) is 0 Å². The normalized spacial score (nSPS) is 10.0. The first-order valence-corrected chi connectivity index (χ1v) is 5.93. The third kappa shape index (κ3) is 3.20. The van der Waals surface area contributed by atoms with Gasteiger partial charge in [-0.1, -0.05) is 11.6 Å². The number of rotatable bonds is 6. The Morgan fingerprint density at radius 1 is 1.06 bits per heavy atom. The summed E-state index contributed by atoms with van der Waals surface area (Å²) in [7, 11) is 0. The van der Waals surface area contributed by atoms with E-state index in [9.17, 15) is 0 Å². The fourth-order valence-corrected chi connectivity index (χ4v) is 1.62. The number of halogens is 1. The Hall–Kier alpha value is -1.09. The lowest BCUT2D eigenvalue weighted by Crippen LogP contribution is -2.02. The van der Waals surface area contributed by atoms with Crippen molar-refractivity contribution in [3.8, 4) is 11.5 Å². The van der Waals surface area contributed by atoms with Crippen LogP contribution in [0.5, 0.6) is 11.5 Å². The van der Waals surface area contributed by atoms with E-state index in [0.29, 0.717) is 24.0 Å². The molecule has 0 heterocycles. The molecule has 0 aliphatic carbocycles. The van der Waals surface area contributed by atoms with E-state index >= 15 is 0 Å². The topological polar surface area (TPSA) is 30.5 Å². The molecule has 0 bridgehead atoms. The van der Waals surface area contributed by atoms with E-state index in [1.807, 2.05) is 26.8 Å². The van der Waals surface area contributed by atoms with Gasteiger partial charge in [0.25, 0.3) is 0 Å². The number of nitrogens with one attached hydrogen (secondary N) is 1. The molecule has 0 radical (unpaired) electrons. The molecule has 1 rings (SSSR count). The van der Waals surface area contributed by atoms with Crippen LogP contribution in [0.15, 0.2) is 12.1 Å². The molecule has 1 N–H and O–H groups in total. The van der Waals surface area contributed by atoms with Gasteiger partial charge in [-0.3, -0.25) is 0 Å². The second-order valence-electron chi connectivity index (χ2n) is 3.18. The second kappa shape index (κ2) is 6.48. The van der Waals surface area contributed by atoms with Crippen LogP contribution in [0.2, 0.25) is 5.02 Å². The minimum atomic E-state index is 0.594. The first kappa shape index (κ1) is 13.0. The molecular formula is C12H18ClNO2. The molecule has 16 heavy (non-hydrogen) atoms. The standard InChI is InChI=1S/C12H18ClNO2/c1-4-14-10-8-12(16-6-3)11(15-5-2)7-9(10)13/h7-8,14H,4-6H2,1-3H3. The molecule has 0 unspecified atom stereocenters. The predicted molar refractivity (Wildman–Crippen MR) is 68.0 cm³/mol. The van der Waals surface area contributed by atoms with E-state index in [0.717, 1.165) is 18.0 Å². The van der Waals surface area contributed by atoms with Gasteiger partial charge < -0.3 is 14.8 Å². The fourth-order valence-electron chi connectivity index (χ4n) is 1.40. The maximum atomic E-state index is 6.12. The lowest BCUT2D eigenvalue weighted by atomic mass is 10.2. The highest BCUT2D eigenvalue weighted by atomic mass is 35.5. The van der Waals surface area contributed by atoms with Crippen molar-refractivity contribution in [2.75, 3.05) is 25.1 Å². The SMILES string of the molecule is CCNc1cc(OCC)c(OCC)cc1Cl. The lowest BCUT2D eigenvalue weighted by molar-refractivity contribution is 0.288. The molecule has 0 spiro atoms. The molecule has 4 heteroatoms. The largest absolute Gasteiger partial charge is 0.490 e. The van der Waals surface area contributed by atoms with Gasteiger partial charge in [0, 0.05) is 18.7 Å². The van der Waals surface area contributed by atoms with Gasteiger partial charge >= 0.3 is 0 Å². The van der Waals surface area contributed by atoms with Crippen molar-refractivity contribution in [3.63, 3.8) is 0 Å². The highest BCUT2D eigenvalue weighted by Crippen LogP contribution is 2.36. The summed E-state index contributed by atoms with van der Waals surface area (Å²) in [5.74, 6) is 1.42. The van der Waals surface area contributed by atoms with Crippen molar-refractivity contribution < 1.29 is 9.47 Å². The van der Waals surface area contributed by atoms with E-state index in [1.54, 1.807) is 6.07 Å². The molecule has 0 saturated heterocycles. The molecule has 0 fully saturated rings. The molecule has 0 atom stereocenters. The van der Waals surface area contributed by atoms with Gasteiger partial charge in [0.15, 0.2) is 11.5 Å². The molecule has 0 aromatic heterocycles. The molecule has 0 aliphatic heterocycles. The predicted octanol–water partition coefficient (Wildman–Crippen LogP) is 3.57. The van der Waals surface area contributed by atoms with Gasteiger partial charge in [-0.05, 0) is 20.8 Å². The van der Waals surface area contributed by atoms with Crippen LogP contribution in [0.25, 0.3) is 0 Å². The van der Waals surface area contributed by atoms with Crippen LogP contribution in [0.4, 0.5) is 5.69 Å². The summed E-state index contributed by atoms with van der Waals surface area (Å²) in [6.07, 6.45) is 0. The average Bonchev–Trinajstić information content (AvgIpc) is 2.25. The summed E-state index contributed by atoms with van der Waals surface area (Å²) < 4.78 is 11.0. The molecule has 0 saturated carbocycles. The smallest absolute Gasteiger partial charge is 0.163 e. The quantitative estimate of drug-likeness (QED) is 0.829. The van der Waals surface area contributed by atoms with E-state index in [2.05, 4.69) is 5.32 Å². The molecule has 1 aromatic rings. The Morgan fingerprint density at radius 3 is 2.12 bits per heavy atom. The molecular weight excluding hydrogens is 226 g/mol. The molecule has 0 aliphatic rings. The second-order valence-corrected chi connectivity index (χ2v) is 3.58. The Bertz CT molecular complexity index is 342. The number of ether oxygens (including phenoxy) is 2. The number of anilines is 1. The van der Waals surface area contributed by atoms with Crippen molar-refractivity contribution in [2.45, 2.75) is 20.8 Å². The van der Waals surface area contributed by atoms with Gasteiger partial charge in [-0.15, -0.1) is 0 Å². The highest BCUT2D eigenvalue weighted by molar-refractivity contribution is 6.33. The van der Waals surface area contributed by atoms with Crippen molar-refractivity contribution in [1.82, 2.24) is 0 Å². The van der Waals surface area contributed by atoms with E-state index < -0.39 is 0 Å². The molecule has 90 valence electrons. The van der Waals surface area contributed by atoms with E-state index in [4.69, 9.17) is 21.1 Å². The van der Waals surface area contributed by atoms with E-state index in [1.165, 1.54) is 0 Å². The zero-order valence-electron chi connectivity index (χ0n) is 9.97. The average molecular weight is 244 g/mol. The highest BCUT2D eigenvalue weighted by Gasteiger charge is 2.10. The van der Waals surface area contributed by atoms with Crippen LogP contribution in [0, 0.1) is 0 Å². The molecule has 0 amide bonds. The van der Waals surface area contributed by atoms with Crippen LogP contribution in [-0.2, 0) is 0 Å². The van der Waals surface area contributed by atoms with Crippen molar-refractivity contribution in [2.24, 2.45) is 0 Å². The van der Waals surface area contributed by atoms with Gasteiger partial charge in [-0.2, -0.15) is 0 Å². The Morgan fingerprint density at radius 2 is 1.62 bits per heavy atom. The monoisotopic (exact) mass is 243 g/mol. The van der Waals surface area contributed by atoms with Crippen molar-refractivity contribution in [3.05, 3.63) is 17.2 Å². The molecule has 3 nitrogen and oxygen atoms in total. The Kier molecular flexibility index (Phi) is 5.26. The number of hydrogen-bond acceptors (Lipinski definition) is 3. The summed E-state index contributed by atoms with van der Waals surface area (Å²) in [5, 5.41) is 3.82. The van der Waals surface area contributed by atoms with Gasteiger partial charge in [0.05, 0.1) is 23.9 Å². The zero-order valence-corrected chi connectivity index (χ0v) is 10.7. The first-order valence-electron chi connectivity index (χ1n) is 5.55. The first-order chi connectivity index (χ1) is 7.72. The van der Waals surface area contributed by atoms with Gasteiger partial charge in [0.2, 0.25) is 0 Å². The number of hydrogen-bond donors (Lipinski definition) is 1. The maximum Gasteiger partial charge on any atom is 0.163 e. The summed E-state index contributed by atoms with van der Waals surface area (Å²) in [5.41, 5.74) is 0.871. The van der Waals surface area contributed by atoms with Crippen LogP contribution >= 0.6 is 11.6 Å². The van der Waals surface area contributed by atoms with Gasteiger partial charge in [0.1, 0.15) is 0 Å². The van der Waals surface area contributed by atoms with Gasteiger partial charge in [-0.25, -0.2) is 0 Å². The minimum Gasteiger partial charge on any atom is -0.490 e. The number of benzene rings is 1. The third-order valence-corrected chi connectivity index (χ3v) is 2.31. The summed E-state index contributed by atoms with van der Waals surface area (Å²) >= 11 is 6.12. The zero-order chi connectivity index (χ0) is 12.0. The van der Waals surface area contributed by atoms with Crippen LogP contribution in [-0.4, -0.2) is 19.8 Å². The van der Waals surface area contributed by atoms with Crippen molar-refractivity contribution >= 4 is 17.3 Å². The maximum absolute atomic E-state index is 6.12. The summed E-state index contributed by atoms with van der Waals surface area (Å²) in [4.78, 5) is 0. The minimum absolute atomic E-state index is 0.594. The fraction of sp³-hybridized carbons (Fsp3) is 0.500. The Labute approximate surface area is 102 Å². The van der Waals surface area contributed by atoms with Crippen LogP contribution < -0.4 is 14.8 Å². The Balaban J connectivity index is 3.03. The summed E-state index contributed by atoms with van der Waals surface area (Å²) in [6.45, 7) is 7.91. The summed E-state index contributed by atoms with van der Waals surface area (Å²) in [6, 6.07) is 3.66. The molecule has 1 aromatic carbocycles. The lowest BCUT2D eigenvalue weighted by Gasteiger charge is -2.14. The third-order valence-electron chi connectivity index (χ3n) is 2.00. The van der Waals surface area contributed by atoms with Crippen molar-refractivity contribution in [1.29, 1.82) is 0 Å². The van der Waals surface area contributed by atoms with Crippen LogP contribution in [0.3, 0.4) is 0 Å².